The molecule has 0 spiro atoms. The number of ether oxygens (including phenoxy) is 1. The lowest BCUT2D eigenvalue weighted by Crippen LogP contribution is -2.51. The highest BCUT2D eigenvalue weighted by molar-refractivity contribution is 5.80. The molecule has 0 aromatic heterocycles. The number of morpholine rings is 1. The van der Waals surface area contributed by atoms with Crippen molar-refractivity contribution in [3.05, 3.63) is 29.8 Å². The van der Waals surface area contributed by atoms with Crippen LogP contribution in [-0.4, -0.2) is 54.7 Å². The third kappa shape index (κ3) is 3.40. The number of carbonyl (C=O) groups excluding carboxylic acids is 2. The van der Waals surface area contributed by atoms with E-state index in [-0.39, 0.29) is 5.69 Å². The second-order valence-electron chi connectivity index (χ2n) is 5.34. The van der Waals surface area contributed by atoms with E-state index < -0.39 is 23.9 Å². The standard InChI is InChI=1S/C14H14F3N5O3/c15-14(16,17)10-1-3-11(4-2-10)21-12(9-23)22(19-18-21)13(24)20-5-7-25-8-6-20/h1-4,9,12H,5-8H2. The molecule has 1 fully saturated rings. The fourth-order valence-electron chi connectivity index (χ4n) is 2.47. The molecule has 25 heavy (non-hydrogen) atoms. The molecule has 8 nitrogen and oxygen atoms in total. The highest BCUT2D eigenvalue weighted by Crippen LogP contribution is 2.32. The fourth-order valence-corrected chi connectivity index (χ4v) is 2.47. The number of benzene rings is 1. The Bertz CT molecular complexity index is 673. The Hall–Kier alpha value is -2.69. The molecule has 134 valence electrons. The van der Waals surface area contributed by atoms with E-state index in [2.05, 4.69) is 10.4 Å². The molecule has 1 aromatic rings. The van der Waals surface area contributed by atoms with Gasteiger partial charge in [-0.1, -0.05) is 0 Å². The minimum Gasteiger partial charge on any atom is -0.378 e. The van der Waals surface area contributed by atoms with Crippen molar-refractivity contribution >= 4 is 18.0 Å². The summed E-state index contributed by atoms with van der Waals surface area (Å²) in [7, 11) is 0. The van der Waals surface area contributed by atoms with Crippen LogP contribution in [0.25, 0.3) is 0 Å². The average Bonchev–Trinajstić information content (AvgIpc) is 3.05. The highest BCUT2D eigenvalue weighted by Gasteiger charge is 2.38. The number of amides is 2. The van der Waals surface area contributed by atoms with Crippen LogP contribution in [0.1, 0.15) is 5.56 Å². The molecule has 11 heteroatoms. The van der Waals surface area contributed by atoms with Crippen molar-refractivity contribution in [1.82, 2.24) is 9.91 Å². The summed E-state index contributed by atoms with van der Waals surface area (Å²) < 4.78 is 43.1. The van der Waals surface area contributed by atoms with E-state index in [9.17, 15) is 22.8 Å². The van der Waals surface area contributed by atoms with Gasteiger partial charge in [-0.25, -0.2) is 9.80 Å². The highest BCUT2D eigenvalue weighted by atomic mass is 19.4. The molecule has 2 aliphatic rings. The Labute approximate surface area is 140 Å². The number of alkyl halides is 3. The molecule has 1 atom stereocenters. The molecule has 2 amide bonds. The predicted molar refractivity (Wildman–Crippen MR) is 78.3 cm³/mol. The SMILES string of the molecule is O=CC1N(C(=O)N2CCOCC2)N=NN1c1ccc(C(F)(F)F)cc1. The minimum absolute atomic E-state index is 0.214. The quantitative estimate of drug-likeness (QED) is 0.760. The van der Waals surface area contributed by atoms with Gasteiger partial charge in [0, 0.05) is 13.1 Å². The van der Waals surface area contributed by atoms with Gasteiger partial charge in [-0.3, -0.25) is 4.79 Å². The van der Waals surface area contributed by atoms with Crippen molar-refractivity contribution in [3.63, 3.8) is 0 Å². The zero-order chi connectivity index (χ0) is 18.0. The maximum absolute atomic E-state index is 12.6. The second-order valence-corrected chi connectivity index (χ2v) is 5.34. The van der Waals surface area contributed by atoms with Crippen LogP contribution < -0.4 is 5.01 Å². The third-order valence-corrected chi connectivity index (χ3v) is 3.79. The Morgan fingerprint density at radius 3 is 2.36 bits per heavy atom. The number of halogens is 3. The largest absolute Gasteiger partial charge is 0.416 e. The average molecular weight is 357 g/mol. The molecule has 0 radical (unpaired) electrons. The molecule has 3 rings (SSSR count). The summed E-state index contributed by atoms with van der Waals surface area (Å²) in [6.07, 6.45) is -5.17. The summed E-state index contributed by atoms with van der Waals surface area (Å²) in [6.45, 7) is 1.48. The van der Waals surface area contributed by atoms with Crippen molar-refractivity contribution in [2.75, 3.05) is 31.3 Å². The molecule has 2 aliphatic heterocycles. The number of rotatable bonds is 2. The van der Waals surface area contributed by atoms with Crippen LogP contribution in [0, 0.1) is 0 Å². The Morgan fingerprint density at radius 2 is 1.80 bits per heavy atom. The van der Waals surface area contributed by atoms with E-state index in [1.54, 1.807) is 0 Å². The minimum atomic E-state index is -4.46. The van der Waals surface area contributed by atoms with Crippen LogP contribution in [0.4, 0.5) is 23.7 Å². The van der Waals surface area contributed by atoms with E-state index in [1.807, 2.05) is 0 Å². The monoisotopic (exact) mass is 357 g/mol. The van der Waals surface area contributed by atoms with Crippen LogP contribution >= 0.6 is 0 Å². The maximum Gasteiger partial charge on any atom is 0.416 e. The smallest absolute Gasteiger partial charge is 0.378 e. The van der Waals surface area contributed by atoms with Crippen molar-refractivity contribution in [1.29, 1.82) is 0 Å². The van der Waals surface area contributed by atoms with Crippen LogP contribution in [-0.2, 0) is 15.7 Å². The molecule has 1 aromatic carbocycles. The fraction of sp³-hybridized carbons (Fsp3) is 0.429. The van der Waals surface area contributed by atoms with Gasteiger partial charge in [-0.15, -0.1) is 0 Å². The van der Waals surface area contributed by atoms with Gasteiger partial charge in [0.25, 0.3) is 0 Å². The van der Waals surface area contributed by atoms with Gasteiger partial charge in [0.1, 0.15) is 0 Å². The Balaban J connectivity index is 1.76. The number of urea groups is 1. The third-order valence-electron chi connectivity index (χ3n) is 3.79. The van der Waals surface area contributed by atoms with Crippen LogP contribution in [0.15, 0.2) is 34.7 Å². The molecule has 2 heterocycles. The van der Waals surface area contributed by atoms with Gasteiger partial charge in [-0.2, -0.15) is 18.2 Å². The Kier molecular flexibility index (Phi) is 4.57. The lowest BCUT2D eigenvalue weighted by atomic mass is 10.2. The van der Waals surface area contributed by atoms with E-state index in [0.717, 1.165) is 22.2 Å². The van der Waals surface area contributed by atoms with Gasteiger partial charge < -0.3 is 9.64 Å². The lowest BCUT2D eigenvalue weighted by Gasteiger charge is -2.30. The van der Waals surface area contributed by atoms with Crippen LogP contribution in [0.5, 0.6) is 0 Å². The molecule has 0 N–H and O–H groups in total. The number of nitrogens with zero attached hydrogens (tertiary/aromatic N) is 5. The summed E-state index contributed by atoms with van der Waals surface area (Å²) in [4.78, 5) is 25.3. The van der Waals surface area contributed by atoms with Crippen LogP contribution in [0.3, 0.4) is 0 Å². The zero-order valence-corrected chi connectivity index (χ0v) is 12.9. The first-order valence-electron chi connectivity index (χ1n) is 7.41. The normalized spacial score (nSPS) is 20.9. The summed E-state index contributed by atoms with van der Waals surface area (Å²) >= 11 is 0. The van der Waals surface area contributed by atoms with Crippen molar-refractivity contribution < 1.29 is 27.5 Å². The molecule has 1 unspecified atom stereocenters. The maximum atomic E-state index is 12.6. The zero-order valence-electron chi connectivity index (χ0n) is 12.9. The van der Waals surface area contributed by atoms with Gasteiger partial charge in [0.2, 0.25) is 6.17 Å². The summed E-state index contributed by atoms with van der Waals surface area (Å²) in [6, 6.07) is 3.57. The molecular formula is C14H14F3N5O3. The summed E-state index contributed by atoms with van der Waals surface area (Å²) in [5, 5.41) is 9.42. The topological polar surface area (TPSA) is 77.8 Å². The molecule has 0 saturated carbocycles. The first kappa shape index (κ1) is 17.1. The molecular weight excluding hydrogens is 343 g/mol. The predicted octanol–water partition coefficient (Wildman–Crippen LogP) is 2.09. The van der Waals surface area contributed by atoms with Crippen molar-refractivity contribution in [3.8, 4) is 0 Å². The number of hydrogen-bond acceptors (Lipinski definition) is 6. The van der Waals surface area contributed by atoms with Gasteiger partial charge in [0.05, 0.1) is 24.5 Å². The first-order chi connectivity index (χ1) is 11.9. The van der Waals surface area contributed by atoms with E-state index >= 15 is 0 Å². The van der Waals surface area contributed by atoms with Gasteiger partial charge in [-0.05, 0) is 34.7 Å². The molecule has 0 bridgehead atoms. The van der Waals surface area contributed by atoms with E-state index in [1.165, 1.54) is 17.0 Å². The first-order valence-corrected chi connectivity index (χ1v) is 7.41. The number of hydrogen-bond donors (Lipinski definition) is 0. The van der Waals surface area contributed by atoms with Gasteiger partial charge in [0.15, 0.2) is 6.29 Å². The van der Waals surface area contributed by atoms with Crippen molar-refractivity contribution in [2.24, 2.45) is 10.4 Å². The second kappa shape index (κ2) is 6.67. The van der Waals surface area contributed by atoms with Gasteiger partial charge >= 0.3 is 12.2 Å². The molecule has 1 saturated heterocycles. The number of carbonyl (C=O) groups is 2. The summed E-state index contributed by atoms with van der Waals surface area (Å²) in [5.41, 5.74) is -0.609. The van der Waals surface area contributed by atoms with E-state index in [4.69, 9.17) is 4.74 Å². The number of anilines is 1. The lowest BCUT2D eigenvalue weighted by molar-refractivity contribution is -0.137. The van der Waals surface area contributed by atoms with Crippen molar-refractivity contribution in [2.45, 2.75) is 12.3 Å². The van der Waals surface area contributed by atoms with Crippen LogP contribution in [0.2, 0.25) is 0 Å². The van der Waals surface area contributed by atoms with E-state index in [0.29, 0.717) is 32.6 Å². The summed E-state index contributed by atoms with van der Waals surface area (Å²) in [5.74, 6) is 0. The number of aldehydes is 1. The Morgan fingerprint density at radius 1 is 1.16 bits per heavy atom. The molecule has 0 aliphatic carbocycles.